The number of pyridine rings is 1. The Morgan fingerprint density at radius 2 is 2.17 bits per heavy atom. The number of hydrogen-bond donors (Lipinski definition) is 1. The Labute approximate surface area is 109 Å². The van der Waals surface area contributed by atoms with Gasteiger partial charge in [0.2, 0.25) is 5.91 Å². The highest BCUT2D eigenvalue weighted by Crippen LogP contribution is 2.17. The van der Waals surface area contributed by atoms with Crippen molar-refractivity contribution in [2.75, 3.05) is 0 Å². The van der Waals surface area contributed by atoms with E-state index in [1.807, 2.05) is 6.92 Å². The largest absolute Gasteiger partial charge is 0.368 e. The molecule has 0 bridgehead atoms. The Morgan fingerprint density at radius 3 is 2.78 bits per heavy atom. The van der Waals surface area contributed by atoms with E-state index in [4.69, 9.17) is 17.3 Å². The second-order valence-electron chi connectivity index (χ2n) is 4.09. The molecule has 18 heavy (non-hydrogen) atoms. The molecule has 2 N–H and O–H groups in total. The predicted molar refractivity (Wildman–Crippen MR) is 71.7 cm³/mol. The Kier molecular flexibility index (Phi) is 3.39. The molecule has 0 radical (unpaired) electrons. The Hall–Kier alpha value is -1.81. The number of fused-ring (bicyclic) bond motifs is 1. The molecular formula is C13H13ClN2O2. The first-order valence-electron chi connectivity index (χ1n) is 5.64. The molecule has 2 rings (SSSR count). The van der Waals surface area contributed by atoms with Crippen LogP contribution in [0.2, 0.25) is 5.02 Å². The van der Waals surface area contributed by atoms with Crippen LogP contribution in [-0.2, 0) is 4.79 Å². The monoisotopic (exact) mass is 264 g/mol. The molecule has 1 aromatic carbocycles. The summed E-state index contributed by atoms with van der Waals surface area (Å²) in [6.07, 6.45) is 2.07. The first kappa shape index (κ1) is 12.6. The third kappa shape index (κ3) is 2.11. The van der Waals surface area contributed by atoms with Crippen molar-refractivity contribution in [1.82, 2.24) is 4.57 Å². The zero-order chi connectivity index (χ0) is 13.3. The summed E-state index contributed by atoms with van der Waals surface area (Å²) in [5, 5.41) is 1.77. The lowest BCUT2D eigenvalue weighted by atomic mass is 10.1. The summed E-state index contributed by atoms with van der Waals surface area (Å²) in [5.41, 5.74) is 5.05. The zero-order valence-corrected chi connectivity index (χ0v) is 10.6. The number of carbonyl (C=O) groups excluding carboxylic acids is 1. The summed E-state index contributed by atoms with van der Waals surface area (Å²) < 4.78 is 1.36. The molecule has 0 fully saturated rings. The number of carbonyl (C=O) groups is 1. The molecule has 1 unspecified atom stereocenters. The van der Waals surface area contributed by atoms with Gasteiger partial charge < -0.3 is 10.3 Å². The van der Waals surface area contributed by atoms with E-state index in [1.165, 1.54) is 4.57 Å². The second-order valence-corrected chi connectivity index (χ2v) is 4.52. The molecule has 0 aliphatic rings. The van der Waals surface area contributed by atoms with Crippen LogP contribution < -0.4 is 11.3 Å². The highest BCUT2D eigenvalue weighted by molar-refractivity contribution is 6.31. The van der Waals surface area contributed by atoms with Crippen molar-refractivity contribution in [3.8, 4) is 0 Å². The van der Waals surface area contributed by atoms with Gasteiger partial charge in [-0.1, -0.05) is 24.6 Å². The zero-order valence-electron chi connectivity index (χ0n) is 9.89. The molecular weight excluding hydrogens is 252 g/mol. The van der Waals surface area contributed by atoms with Gasteiger partial charge in [0.1, 0.15) is 6.04 Å². The minimum absolute atomic E-state index is 0.249. The molecule has 1 amide bonds. The summed E-state index contributed by atoms with van der Waals surface area (Å²) in [7, 11) is 0. The summed E-state index contributed by atoms with van der Waals surface area (Å²) in [4.78, 5) is 23.6. The fraction of sp³-hybridized carbons (Fsp3) is 0.231. The molecule has 0 saturated carbocycles. The minimum Gasteiger partial charge on any atom is -0.368 e. The van der Waals surface area contributed by atoms with Crippen molar-refractivity contribution < 1.29 is 4.79 Å². The molecule has 5 heteroatoms. The van der Waals surface area contributed by atoms with Gasteiger partial charge in [0.05, 0.1) is 0 Å². The number of aromatic nitrogens is 1. The normalized spacial score (nSPS) is 12.6. The van der Waals surface area contributed by atoms with Gasteiger partial charge in [-0.3, -0.25) is 9.59 Å². The maximum Gasteiger partial charge on any atom is 0.259 e. The van der Waals surface area contributed by atoms with Crippen LogP contribution in [0.15, 0.2) is 35.3 Å². The fourth-order valence-corrected chi connectivity index (χ4v) is 2.18. The van der Waals surface area contributed by atoms with Crippen molar-refractivity contribution in [1.29, 1.82) is 0 Å². The van der Waals surface area contributed by atoms with E-state index in [1.54, 1.807) is 30.5 Å². The lowest BCUT2D eigenvalue weighted by molar-refractivity contribution is -0.121. The molecule has 4 nitrogen and oxygen atoms in total. The number of nitrogens with two attached hydrogens (primary N) is 1. The first-order chi connectivity index (χ1) is 8.54. The smallest absolute Gasteiger partial charge is 0.259 e. The van der Waals surface area contributed by atoms with Crippen molar-refractivity contribution in [2.24, 2.45) is 5.73 Å². The van der Waals surface area contributed by atoms with Crippen LogP contribution in [0.3, 0.4) is 0 Å². The van der Waals surface area contributed by atoms with Crippen LogP contribution >= 0.6 is 11.6 Å². The van der Waals surface area contributed by atoms with Crippen LogP contribution in [0.4, 0.5) is 0 Å². The summed E-state index contributed by atoms with van der Waals surface area (Å²) >= 11 is 5.88. The van der Waals surface area contributed by atoms with E-state index < -0.39 is 11.9 Å². The summed E-state index contributed by atoms with van der Waals surface area (Å²) in [5.74, 6) is -0.513. The maximum absolute atomic E-state index is 12.3. The van der Waals surface area contributed by atoms with E-state index in [9.17, 15) is 9.59 Å². The van der Waals surface area contributed by atoms with E-state index in [2.05, 4.69) is 0 Å². The Balaban J connectivity index is 2.71. The molecule has 0 aliphatic carbocycles. The molecule has 1 atom stereocenters. The third-order valence-corrected chi connectivity index (χ3v) is 3.18. The standard InChI is InChI=1S/C13H13ClN2O2/c1-2-11(12(15)17)16-6-5-8-3-4-9(14)7-10(8)13(16)18/h3-7,11H,2H2,1H3,(H2,15,17). The van der Waals surface area contributed by atoms with E-state index >= 15 is 0 Å². The lowest BCUT2D eigenvalue weighted by Gasteiger charge is -2.15. The molecule has 0 saturated heterocycles. The molecule has 2 aromatic rings. The number of nitrogens with zero attached hydrogens (tertiary/aromatic N) is 1. The van der Waals surface area contributed by atoms with Crippen molar-refractivity contribution in [2.45, 2.75) is 19.4 Å². The van der Waals surface area contributed by atoms with E-state index in [0.29, 0.717) is 16.8 Å². The SMILES string of the molecule is CCC(C(N)=O)n1ccc2ccc(Cl)cc2c1=O. The van der Waals surface area contributed by atoms with Crippen LogP contribution in [0, 0.1) is 0 Å². The van der Waals surface area contributed by atoms with Gasteiger partial charge >= 0.3 is 0 Å². The summed E-state index contributed by atoms with van der Waals surface area (Å²) in [6, 6.07) is 6.25. The predicted octanol–water partition coefficient (Wildman–Crippen LogP) is 2.09. The van der Waals surface area contributed by atoms with Gasteiger partial charge in [0.25, 0.3) is 5.56 Å². The van der Waals surface area contributed by atoms with E-state index in [-0.39, 0.29) is 5.56 Å². The number of halogens is 1. The van der Waals surface area contributed by atoms with Gasteiger partial charge in [0.15, 0.2) is 0 Å². The van der Waals surface area contributed by atoms with Crippen LogP contribution in [0.5, 0.6) is 0 Å². The number of primary amides is 1. The third-order valence-electron chi connectivity index (χ3n) is 2.95. The quantitative estimate of drug-likeness (QED) is 0.923. The lowest BCUT2D eigenvalue weighted by Crippen LogP contribution is -2.33. The van der Waals surface area contributed by atoms with Gasteiger partial charge in [-0.15, -0.1) is 0 Å². The topological polar surface area (TPSA) is 65.1 Å². The van der Waals surface area contributed by atoms with Crippen LogP contribution in [0.25, 0.3) is 10.8 Å². The average Bonchev–Trinajstić information content (AvgIpc) is 2.33. The second kappa shape index (κ2) is 4.82. The van der Waals surface area contributed by atoms with Crippen molar-refractivity contribution in [3.05, 3.63) is 45.8 Å². The van der Waals surface area contributed by atoms with Crippen LogP contribution in [-0.4, -0.2) is 10.5 Å². The maximum atomic E-state index is 12.3. The Bertz CT molecular complexity index is 664. The number of hydrogen-bond acceptors (Lipinski definition) is 2. The van der Waals surface area contributed by atoms with Gasteiger partial charge in [-0.05, 0) is 30.0 Å². The van der Waals surface area contributed by atoms with Gasteiger partial charge in [0, 0.05) is 16.6 Å². The number of rotatable bonds is 3. The van der Waals surface area contributed by atoms with E-state index in [0.717, 1.165) is 5.39 Å². The number of amides is 1. The van der Waals surface area contributed by atoms with Crippen molar-refractivity contribution in [3.63, 3.8) is 0 Å². The summed E-state index contributed by atoms with van der Waals surface area (Å²) in [6.45, 7) is 1.81. The minimum atomic E-state index is -0.624. The Morgan fingerprint density at radius 1 is 1.44 bits per heavy atom. The first-order valence-corrected chi connectivity index (χ1v) is 6.02. The molecule has 1 heterocycles. The molecule has 94 valence electrons. The fourth-order valence-electron chi connectivity index (χ4n) is 2.01. The van der Waals surface area contributed by atoms with Crippen molar-refractivity contribution >= 4 is 28.3 Å². The highest BCUT2D eigenvalue weighted by atomic mass is 35.5. The molecule has 0 spiro atoms. The molecule has 0 aliphatic heterocycles. The average molecular weight is 265 g/mol. The molecule has 1 aromatic heterocycles. The number of benzene rings is 1. The van der Waals surface area contributed by atoms with Gasteiger partial charge in [-0.25, -0.2) is 0 Å². The van der Waals surface area contributed by atoms with Crippen LogP contribution in [0.1, 0.15) is 19.4 Å². The van der Waals surface area contributed by atoms with Gasteiger partial charge in [-0.2, -0.15) is 0 Å². The highest BCUT2D eigenvalue weighted by Gasteiger charge is 2.17.